The molecule has 1 saturated carbocycles. The Morgan fingerprint density at radius 1 is 1.07 bits per heavy atom. The van der Waals surface area contributed by atoms with E-state index in [1.165, 1.54) is 22.5 Å². The summed E-state index contributed by atoms with van der Waals surface area (Å²) in [5.74, 6) is -1.53. The van der Waals surface area contributed by atoms with Crippen molar-refractivity contribution in [3.8, 4) is 0 Å². The molecular weight excluding hydrogens is 598 g/mol. The van der Waals surface area contributed by atoms with Gasteiger partial charge in [0.15, 0.2) is 5.69 Å². The van der Waals surface area contributed by atoms with E-state index >= 15 is 0 Å². The zero-order valence-corrected chi connectivity index (χ0v) is 25.6. The van der Waals surface area contributed by atoms with Gasteiger partial charge in [-0.3, -0.25) is 19.2 Å². The van der Waals surface area contributed by atoms with Crippen LogP contribution in [0.3, 0.4) is 0 Å². The van der Waals surface area contributed by atoms with Crippen molar-refractivity contribution in [2.45, 2.75) is 51.1 Å². The summed E-state index contributed by atoms with van der Waals surface area (Å²) in [4.78, 5) is 63.5. The van der Waals surface area contributed by atoms with Crippen LogP contribution in [0, 0.1) is 5.92 Å². The molecule has 1 aliphatic heterocycles. The highest BCUT2D eigenvalue weighted by atomic mass is 32.1. The number of amides is 4. The predicted molar refractivity (Wildman–Crippen MR) is 161 cm³/mol. The number of hydrogen-bond acceptors (Lipinski definition) is 10. The maximum atomic E-state index is 13.5. The van der Waals surface area contributed by atoms with Crippen molar-refractivity contribution in [2.75, 3.05) is 19.6 Å². The molecule has 2 aliphatic rings. The molecule has 14 heteroatoms. The number of oxazole rings is 1. The molecular formula is C31H33N7O6S. The van der Waals surface area contributed by atoms with E-state index in [9.17, 15) is 19.2 Å². The van der Waals surface area contributed by atoms with E-state index in [2.05, 4.69) is 31.1 Å². The summed E-state index contributed by atoms with van der Waals surface area (Å²) in [6, 6.07) is 9.93. The molecule has 6 rings (SSSR count). The molecule has 0 spiro atoms. The number of thiazole rings is 1. The van der Waals surface area contributed by atoms with Gasteiger partial charge in [0.05, 0.1) is 11.7 Å². The molecule has 13 nitrogen and oxygen atoms in total. The van der Waals surface area contributed by atoms with Crippen LogP contribution in [0.25, 0.3) is 0 Å². The second-order valence-electron chi connectivity index (χ2n) is 11.5. The zero-order valence-electron chi connectivity index (χ0n) is 24.8. The van der Waals surface area contributed by atoms with E-state index in [0.29, 0.717) is 17.1 Å². The van der Waals surface area contributed by atoms with Crippen molar-refractivity contribution in [1.82, 2.24) is 36.0 Å². The molecule has 234 valence electrons. The number of fused-ring (bicyclic) bond motifs is 4. The van der Waals surface area contributed by atoms with Gasteiger partial charge in [0, 0.05) is 36.9 Å². The number of carbonyl (C=O) groups excluding carboxylic acids is 4. The minimum Gasteiger partial charge on any atom is -0.446 e. The lowest BCUT2D eigenvalue weighted by molar-refractivity contribution is -0.122. The Morgan fingerprint density at radius 2 is 1.87 bits per heavy atom. The number of hydrogen-bond donors (Lipinski definition) is 3. The van der Waals surface area contributed by atoms with Crippen LogP contribution in [0.4, 0.5) is 0 Å². The van der Waals surface area contributed by atoms with E-state index in [4.69, 9.17) is 8.94 Å². The number of nitrogens with zero attached hydrogens (tertiary/aromatic N) is 4. The van der Waals surface area contributed by atoms with Crippen LogP contribution in [-0.2, 0) is 11.2 Å². The summed E-state index contributed by atoms with van der Waals surface area (Å²) in [5, 5.41) is 14.9. The molecule has 0 radical (unpaired) electrons. The maximum Gasteiger partial charge on any atom is 0.293 e. The van der Waals surface area contributed by atoms with E-state index < -0.39 is 35.7 Å². The van der Waals surface area contributed by atoms with Crippen molar-refractivity contribution in [2.24, 2.45) is 5.92 Å². The molecule has 0 saturated heterocycles. The van der Waals surface area contributed by atoms with Crippen LogP contribution < -0.4 is 16.0 Å². The Bertz CT molecular complexity index is 1690. The molecule has 45 heavy (non-hydrogen) atoms. The minimum absolute atomic E-state index is 0.00840. The maximum absolute atomic E-state index is 13.5. The van der Waals surface area contributed by atoms with Crippen molar-refractivity contribution >= 4 is 35.0 Å². The number of aromatic nitrogens is 3. The monoisotopic (exact) mass is 631 g/mol. The Hall–Kier alpha value is -4.85. The molecule has 1 aliphatic carbocycles. The van der Waals surface area contributed by atoms with Crippen LogP contribution >= 0.6 is 11.3 Å². The fourth-order valence-electron chi connectivity index (χ4n) is 5.04. The Labute approximate surface area is 262 Å². The summed E-state index contributed by atoms with van der Waals surface area (Å²) in [5.41, 5.74) is 1.83. The first-order valence-electron chi connectivity index (χ1n) is 14.8. The van der Waals surface area contributed by atoms with Gasteiger partial charge >= 0.3 is 0 Å². The van der Waals surface area contributed by atoms with E-state index in [0.717, 1.165) is 18.4 Å². The van der Waals surface area contributed by atoms with Crippen LogP contribution in [-0.4, -0.2) is 63.3 Å². The summed E-state index contributed by atoms with van der Waals surface area (Å²) < 4.78 is 11.0. The minimum atomic E-state index is -0.693. The lowest BCUT2D eigenvalue weighted by Crippen LogP contribution is -2.45. The van der Waals surface area contributed by atoms with Crippen molar-refractivity contribution < 1.29 is 28.1 Å². The standard InChI is InChI=1S/C31H33N7O6S/c1-17(2)26-30-35-23(16-45-30)28(41)33-21(12-18-6-4-3-5-7-18)29-34-22(15-43-29)27(40)32-10-11-38(14-25(39)36-26)31(42)24-13-20(37-44-24)19-8-9-19/h3-7,13,15-17,19,21,26H,8-12,14H2,1-2H3,(H,32,40)(H,33,41)(H,36,39)/t21-,26-/m0/s1. The molecule has 2 atom stereocenters. The lowest BCUT2D eigenvalue weighted by Gasteiger charge is -2.24. The molecule has 4 heterocycles. The van der Waals surface area contributed by atoms with Gasteiger partial charge in [-0.1, -0.05) is 49.3 Å². The smallest absolute Gasteiger partial charge is 0.293 e. The molecule has 3 aromatic heterocycles. The topological polar surface area (TPSA) is 173 Å². The first-order valence-corrected chi connectivity index (χ1v) is 15.7. The SMILES string of the molecule is CC(C)[C@@H]1NC(=O)CN(C(=O)c2cc(C3CC3)no2)CCNC(=O)c2coc(n2)[C@H](Cc2ccccc2)NC(=O)c2csc1n2. The lowest BCUT2D eigenvalue weighted by atomic mass is 10.0. The largest absolute Gasteiger partial charge is 0.446 e. The molecule has 0 unspecified atom stereocenters. The van der Waals surface area contributed by atoms with Crippen molar-refractivity contribution in [3.05, 3.63) is 87.3 Å². The van der Waals surface area contributed by atoms with Gasteiger partial charge in [-0.2, -0.15) is 0 Å². The first kappa shape index (κ1) is 30.2. The van der Waals surface area contributed by atoms with Gasteiger partial charge in [-0.05, 0) is 24.3 Å². The summed E-state index contributed by atoms with van der Waals surface area (Å²) >= 11 is 1.26. The Balaban J connectivity index is 1.29. The van der Waals surface area contributed by atoms with Gasteiger partial charge in [-0.25, -0.2) is 9.97 Å². The van der Waals surface area contributed by atoms with Crippen LogP contribution in [0.15, 0.2) is 57.0 Å². The summed E-state index contributed by atoms with van der Waals surface area (Å²) in [6.45, 7) is 3.60. The first-order chi connectivity index (χ1) is 21.7. The second kappa shape index (κ2) is 13.0. The second-order valence-corrected chi connectivity index (χ2v) is 12.4. The van der Waals surface area contributed by atoms with Crippen molar-refractivity contribution in [1.29, 1.82) is 0 Å². The number of carbonyl (C=O) groups is 4. The average Bonchev–Trinajstić information content (AvgIpc) is 3.41. The number of rotatable bonds is 5. The highest BCUT2D eigenvalue weighted by molar-refractivity contribution is 7.09. The Morgan fingerprint density at radius 3 is 2.62 bits per heavy atom. The van der Waals surface area contributed by atoms with Gasteiger partial charge in [-0.15, -0.1) is 11.3 Å². The van der Waals surface area contributed by atoms with Crippen LogP contribution in [0.5, 0.6) is 0 Å². The fraction of sp³-hybridized carbons (Fsp3) is 0.387. The molecule has 1 aromatic carbocycles. The third kappa shape index (κ3) is 7.11. The third-order valence-electron chi connectivity index (χ3n) is 7.67. The number of benzene rings is 1. The van der Waals surface area contributed by atoms with Crippen molar-refractivity contribution in [3.63, 3.8) is 0 Å². The predicted octanol–water partition coefficient (Wildman–Crippen LogP) is 3.41. The fourth-order valence-corrected chi connectivity index (χ4v) is 6.06. The summed E-state index contributed by atoms with van der Waals surface area (Å²) in [7, 11) is 0. The van der Waals surface area contributed by atoms with Gasteiger partial charge in [0.2, 0.25) is 17.6 Å². The quantitative estimate of drug-likeness (QED) is 0.298. The van der Waals surface area contributed by atoms with Crippen LogP contribution in [0.2, 0.25) is 0 Å². The van der Waals surface area contributed by atoms with E-state index in [-0.39, 0.29) is 54.5 Å². The van der Waals surface area contributed by atoms with Gasteiger partial charge in [0.25, 0.3) is 17.7 Å². The number of nitrogens with one attached hydrogen (secondary N) is 3. The molecule has 4 aromatic rings. The molecule has 4 amide bonds. The third-order valence-corrected chi connectivity index (χ3v) is 8.60. The normalized spacial score (nSPS) is 19.8. The molecule has 1 fully saturated rings. The van der Waals surface area contributed by atoms with E-state index in [1.807, 2.05) is 44.2 Å². The summed E-state index contributed by atoms with van der Waals surface area (Å²) in [6.07, 6.45) is 3.57. The highest BCUT2D eigenvalue weighted by Crippen LogP contribution is 2.39. The molecule has 4 bridgehead atoms. The average molecular weight is 632 g/mol. The van der Waals surface area contributed by atoms with E-state index in [1.54, 1.807) is 11.4 Å². The van der Waals surface area contributed by atoms with Gasteiger partial charge in [0.1, 0.15) is 29.6 Å². The molecule has 3 N–H and O–H groups in total. The van der Waals surface area contributed by atoms with Crippen LogP contribution in [0.1, 0.15) is 98.4 Å². The van der Waals surface area contributed by atoms with Gasteiger partial charge < -0.3 is 29.8 Å². The Kier molecular flexibility index (Phi) is 8.74. The highest BCUT2D eigenvalue weighted by Gasteiger charge is 2.31. The zero-order chi connectivity index (χ0) is 31.5.